The van der Waals surface area contributed by atoms with Gasteiger partial charge in [-0.25, -0.2) is 0 Å². The van der Waals surface area contributed by atoms with E-state index in [1.54, 1.807) is 0 Å². The van der Waals surface area contributed by atoms with Gasteiger partial charge in [0.2, 0.25) is 11.8 Å². The van der Waals surface area contributed by atoms with Crippen LogP contribution >= 0.6 is 0 Å². The Morgan fingerprint density at radius 3 is 2.60 bits per heavy atom. The highest BCUT2D eigenvalue weighted by Crippen LogP contribution is 2.29. The molecular formula is C23H30N4O3. The van der Waals surface area contributed by atoms with E-state index in [-0.39, 0.29) is 24.3 Å². The molecule has 2 aromatic rings. The minimum absolute atomic E-state index is 0.0275. The first-order valence-corrected chi connectivity index (χ1v) is 11.1. The number of nitrogens with zero attached hydrogens (tertiary/aromatic N) is 4. The minimum Gasteiger partial charge on any atom is -0.338 e. The van der Waals surface area contributed by atoms with Crippen molar-refractivity contribution < 1.29 is 14.1 Å². The van der Waals surface area contributed by atoms with E-state index in [1.165, 1.54) is 25.7 Å². The molecule has 4 rings (SSSR count). The molecule has 0 spiro atoms. The maximum absolute atomic E-state index is 12.7. The van der Waals surface area contributed by atoms with Crippen LogP contribution < -0.4 is 0 Å². The Labute approximate surface area is 177 Å². The molecule has 30 heavy (non-hydrogen) atoms. The van der Waals surface area contributed by atoms with Gasteiger partial charge in [0.1, 0.15) is 0 Å². The van der Waals surface area contributed by atoms with E-state index in [0.29, 0.717) is 37.8 Å². The smallest absolute Gasteiger partial charge is 0.257 e. The Morgan fingerprint density at radius 1 is 1.10 bits per heavy atom. The third kappa shape index (κ3) is 4.89. The van der Waals surface area contributed by atoms with Gasteiger partial charge in [-0.05, 0) is 31.4 Å². The monoisotopic (exact) mass is 410 g/mol. The second-order valence-corrected chi connectivity index (χ2v) is 8.52. The van der Waals surface area contributed by atoms with E-state index in [9.17, 15) is 9.59 Å². The Balaban J connectivity index is 1.27. The number of benzene rings is 1. The van der Waals surface area contributed by atoms with E-state index >= 15 is 0 Å². The summed E-state index contributed by atoms with van der Waals surface area (Å²) in [5.74, 6) is 1.74. The van der Waals surface area contributed by atoms with Gasteiger partial charge in [0.15, 0.2) is 5.82 Å². The second kappa shape index (κ2) is 9.41. The number of hydrogen-bond donors (Lipinski definition) is 0. The van der Waals surface area contributed by atoms with Crippen molar-refractivity contribution in [3.63, 3.8) is 0 Å². The van der Waals surface area contributed by atoms with Gasteiger partial charge in [-0.1, -0.05) is 49.0 Å². The molecule has 2 aliphatic rings. The zero-order chi connectivity index (χ0) is 20.9. The first-order chi connectivity index (χ1) is 14.6. The van der Waals surface area contributed by atoms with Crippen LogP contribution in [0.1, 0.15) is 51.3 Å². The van der Waals surface area contributed by atoms with Gasteiger partial charge >= 0.3 is 0 Å². The molecule has 0 bridgehead atoms. The second-order valence-electron chi connectivity index (χ2n) is 8.52. The number of piperazine rings is 1. The highest BCUT2D eigenvalue weighted by Gasteiger charge is 2.30. The molecule has 7 heteroatoms. The van der Waals surface area contributed by atoms with Crippen LogP contribution in [0.4, 0.5) is 0 Å². The van der Waals surface area contributed by atoms with Crippen LogP contribution in [-0.4, -0.2) is 57.4 Å². The van der Waals surface area contributed by atoms with E-state index in [4.69, 9.17) is 4.52 Å². The predicted octanol–water partition coefficient (Wildman–Crippen LogP) is 3.31. The van der Waals surface area contributed by atoms with Gasteiger partial charge in [-0.15, -0.1) is 0 Å². The van der Waals surface area contributed by atoms with Crippen molar-refractivity contribution in [2.75, 3.05) is 19.6 Å². The summed E-state index contributed by atoms with van der Waals surface area (Å²) < 4.78 is 5.29. The quantitative estimate of drug-likeness (QED) is 0.730. The number of carbonyl (C=O) groups is 2. The van der Waals surface area contributed by atoms with Crippen LogP contribution in [0.2, 0.25) is 0 Å². The van der Waals surface area contributed by atoms with Crippen molar-refractivity contribution in [3.05, 3.63) is 36.2 Å². The van der Waals surface area contributed by atoms with Crippen molar-refractivity contribution >= 4 is 11.8 Å². The third-order valence-electron chi connectivity index (χ3n) is 6.34. The van der Waals surface area contributed by atoms with Crippen LogP contribution in [0.15, 0.2) is 34.9 Å². The largest absolute Gasteiger partial charge is 0.338 e. The normalized spacial score (nSPS) is 20.0. The molecule has 0 radical (unpaired) electrons. The topological polar surface area (TPSA) is 79.5 Å². The molecule has 0 unspecified atom stereocenters. The van der Waals surface area contributed by atoms with Crippen LogP contribution in [0, 0.1) is 5.92 Å². The van der Waals surface area contributed by atoms with Crippen molar-refractivity contribution in [1.29, 1.82) is 0 Å². The first-order valence-electron chi connectivity index (χ1n) is 11.1. The lowest BCUT2D eigenvalue weighted by Crippen LogP contribution is -2.55. The molecule has 1 atom stereocenters. The van der Waals surface area contributed by atoms with Gasteiger partial charge in [0.05, 0.1) is 6.42 Å². The maximum Gasteiger partial charge on any atom is 0.257 e. The zero-order valence-electron chi connectivity index (χ0n) is 17.6. The molecule has 1 aliphatic heterocycles. The molecule has 1 aromatic carbocycles. The number of amides is 2. The summed E-state index contributed by atoms with van der Waals surface area (Å²) in [4.78, 5) is 33.5. The van der Waals surface area contributed by atoms with E-state index < -0.39 is 0 Å². The fourth-order valence-electron chi connectivity index (χ4n) is 4.60. The fraction of sp³-hybridized carbons (Fsp3) is 0.565. The molecule has 0 N–H and O–H groups in total. The van der Waals surface area contributed by atoms with E-state index in [0.717, 1.165) is 17.9 Å². The molecule has 1 aliphatic carbocycles. The number of rotatable bonds is 6. The molecule has 160 valence electrons. The Kier molecular flexibility index (Phi) is 6.45. The van der Waals surface area contributed by atoms with Gasteiger partial charge in [-0.3, -0.25) is 9.59 Å². The molecule has 2 heterocycles. The first kappa shape index (κ1) is 20.6. The van der Waals surface area contributed by atoms with Gasteiger partial charge < -0.3 is 14.3 Å². The lowest BCUT2D eigenvalue weighted by molar-refractivity contribution is -0.142. The molecule has 2 amide bonds. The summed E-state index contributed by atoms with van der Waals surface area (Å²) in [6, 6.07) is 9.54. The van der Waals surface area contributed by atoms with Crippen molar-refractivity contribution in [2.24, 2.45) is 5.92 Å². The zero-order valence-corrected chi connectivity index (χ0v) is 17.6. The number of carbonyl (C=O) groups excluding carboxylic acids is 2. The van der Waals surface area contributed by atoms with Crippen LogP contribution in [-0.2, 0) is 16.0 Å². The fourth-order valence-corrected chi connectivity index (χ4v) is 4.60. The average Bonchev–Trinajstić information content (AvgIpc) is 3.45. The van der Waals surface area contributed by atoms with E-state index in [1.807, 2.05) is 47.1 Å². The molecular weight excluding hydrogens is 380 g/mol. The van der Waals surface area contributed by atoms with E-state index in [2.05, 4.69) is 10.1 Å². The van der Waals surface area contributed by atoms with Crippen molar-refractivity contribution in [2.45, 2.75) is 57.9 Å². The average molecular weight is 411 g/mol. The van der Waals surface area contributed by atoms with Crippen LogP contribution in [0.3, 0.4) is 0 Å². The SMILES string of the molecule is C[C@@H]1CN(C(=O)Cc2noc(-c3ccccc3)n2)CCN1C(=O)CCC1CCCC1. The van der Waals surface area contributed by atoms with Gasteiger partial charge in [-0.2, -0.15) is 4.98 Å². The molecule has 1 saturated carbocycles. The summed E-state index contributed by atoms with van der Waals surface area (Å²) in [5, 5.41) is 3.95. The minimum atomic E-state index is -0.0275. The highest BCUT2D eigenvalue weighted by atomic mass is 16.5. The van der Waals surface area contributed by atoms with Crippen LogP contribution in [0.5, 0.6) is 0 Å². The summed E-state index contributed by atoms with van der Waals surface area (Å²) in [7, 11) is 0. The predicted molar refractivity (Wildman–Crippen MR) is 112 cm³/mol. The van der Waals surface area contributed by atoms with Gasteiger partial charge in [0, 0.05) is 37.7 Å². The van der Waals surface area contributed by atoms with Gasteiger partial charge in [0.25, 0.3) is 5.89 Å². The standard InChI is InChI=1S/C23H30N4O3/c1-17-16-26(13-14-27(17)21(28)12-11-18-7-5-6-8-18)22(29)15-20-24-23(30-25-20)19-9-3-2-4-10-19/h2-4,9-10,17-18H,5-8,11-16H2,1H3/t17-/m1/s1. The highest BCUT2D eigenvalue weighted by molar-refractivity contribution is 5.80. The Morgan fingerprint density at radius 2 is 1.87 bits per heavy atom. The molecule has 1 saturated heterocycles. The lowest BCUT2D eigenvalue weighted by atomic mass is 10.0. The summed E-state index contributed by atoms with van der Waals surface area (Å²) in [5.41, 5.74) is 0.835. The van der Waals surface area contributed by atoms with Crippen molar-refractivity contribution in [3.8, 4) is 11.5 Å². The summed E-state index contributed by atoms with van der Waals surface area (Å²) in [6.07, 6.45) is 6.91. The summed E-state index contributed by atoms with van der Waals surface area (Å²) >= 11 is 0. The lowest BCUT2D eigenvalue weighted by Gasteiger charge is -2.40. The molecule has 1 aromatic heterocycles. The third-order valence-corrected chi connectivity index (χ3v) is 6.34. The summed E-state index contributed by atoms with van der Waals surface area (Å²) in [6.45, 7) is 3.73. The maximum atomic E-state index is 12.7. The Bertz CT molecular complexity index is 860. The number of aromatic nitrogens is 2. The van der Waals surface area contributed by atoms with Crippen molar-refractivity contribution in [1.82, 2.24) is 19.9 Å². The van der Waals surface area contributed by atoms with Crippen LogP contribution in [0.25, 0.3) is 11.5 Å². The molecule has 7 nitrogen and oxygen atoms in total. The molecule has 2 fully saturated rings. The number of hydrogen-bond acceptors (Lipinski definition) is 5. The Hall–Kier alpha value is -2.70.